The van der Waals surface area contributed by atoms with Gasteiger partial charge in [0.15, 0.2) is 0 Å². The fourth-order valence-electron chi connectivity index (χ4n) is 1.81. The highest BCUT2D eigenvalue weighted by Gasteiger charge is 2.35. The van der Waals surface area contributed by atoms with Gasteiger partial charge in [0.05, 0.1) is 16.3 Å². The second-order valence-corrected chi connectivity index (χ2v) is 3.88. The molecule has 15 heavy (non-hydrogen) atoms. The van der Waals surface area contributed by atoms with Crippen molar-refractivity contribution >= 4 is 17.3 Å². The van der Waals surface area contributed by atoms with Gasteiger partial charge in [0, 0.05) is 6.54 Å². The lowest BCUT2D eigenvalue weighted by Gasteiger charge is -2.23. The summed E-state index contributed by atoms with van der Waals surface area (Å²) < 4.78 is 37.9. The van der Waals surface area contributed by atoms with Gasteiger partial charge in [0.1, 0.15) is 0 Å². The molecule has 0 unspecified atom stereocenters. The summed E-state index contributed by atoms with van der Waals surface area (Å²) in [6.45, 7) is 0.675. The molecular weight excluding hydrogens is 227 g/mol. The molecule has 0 saturated heterocycles. The summed E-state index contributed by atoms with van der Waals surface area (Å²) in [5, 5.41) is 3.27. The maximum Gasteiger partial charge on any atom is 0.416 e. The summed E-state index contributed by atoms with van der Waals surface area (Å²) in [5.74, 6) is 0. The summed E-state index contributed by atoms with van der Waals surface area (Å²) >= 11 is 5.83. The van der Waals surface area contributed by atoms with E-state index in [1.165, 1.54) is 6.07 Å². The Hall–Kier alpha value is -0.900. The van der Waals surface area contributed by atoms with Crippen LogP contribution in [0, 0.1) is 0 Å². The molecule has 0 saturated carbocycles. The number of rotatable bonds is 0. The minimum atomic E-state index is -4.30. The van der Waals surface area contributed by atoms with Crippen molar-refractivity contribution in [3.05, 3.63) is 28.3 Å². The van der Waals surface area contributed by atoms with Gasteiger partial charge < -0.3 is 5.32 Å². The molecule has 1 aromatic carbocycles. The first-order chi connectivity index (χ1) is 7.00. The first-order valence-corrected chi connectivity index (χ1v) is 5.00. The first kappa shape index (κ1) is 10.6. The molecule has 1 aliphatic heterocycles. The molecule has 0 fully saturated rings. The number of nitrogens with one attached hydrogen (secondary N) is 1. The standard InChI is InChI=1S/C10H9ClF3N/c11-8-4-3-7(10(12,13)14)6-2-1-5-15-9(6)8/h3-4,15H,1-2,5H2. The van der Waals surface area contributed by atoms with Gasteiger partial charge in [-0.1, -0.05) is 11.6 Å². The molecule has 1 N–H and O–H groups in total. The molecule has 1 nitrogen and oxygen atoms in total. The van der Waals surface area contributed by atoms with Crippen LogP contribution in [0.3, 0.4) is 0 Å². The smallest absolute Gasteiger partial charge is 0.384 e. The highest BCUT2D eigenvalue weighted by Crippen LogP contribution is 2.40. The fraction of sp³-hybridized carbons (Fsp3) is 0.400. The topological polar surface area (TPSA) is 12.0 Å². The maximum absolute atomic E-state index is 12.6. The van der Waals surface area contributed by atoms with Crippen LogP contribution in [0.15, 0.2) is 12.1 Å². The predicted molar refractivity (Wildman–Crippen MR) is 53.3 cm³/mol. The lowest BCUT2D eigenvalue weighted by Crippen LogP contribution is -2.18. The van der Waals surface area contributed by atoms with Crippen LogP contribution in [-0.2, 0) is 12.6 Å². The molecule has 1 aliphatic rings. The van der Waals surface area contributed by atoms with Gasteiger partial charge in [-0.15, -0.1) is 0 Å². The molecule has 5 heteroatoms. The number of halogens is 4. The van der Waals surface area contributed by atoms with Crippen molar-refractivity contribution < 1.29 is 13.2 Å². The Morgan fingerprint density at radius 2 is 2.00 bits per heavy atom. The number of hydrogen-bond donors (Lipinski definition) is 1. The number of anilines is 1. The molecule has 0 spiro atoms. The zero-order valence-corrected chi connectivity index (χ0v) is 8.54. The first-order valence-electron chi connectivity index (χ1n) is 4.62. The van der Waals surface area contributed by atoms with Crippen LogP contribution < -0.4 is 5.32 Å². The molecule has 1 heterocycles. The van der Waals surface area contributed by atoms with Crippen LogP contribution in [0.2, 0.25) is 5.02 Å². The van der Waals surface area contributed by atoms with Crippen molar-refractivity contribution in [2.24, 2.45) is 0 Å². The minimum Gasteiger partial charge on any atom is -0.384 e. The van der Waals surface area contributed by atoms with Crippen molar-refractivity contribution in [3.8, 4) is 0 Å². The third-order valence-electron chi connectivity index (χ3n) is 2.47. The molecule has 1 aromatic rings. The Bertz CT molecular complexity index is 387. The monoisotopic (exact) mass is 235 g/mol. The Balaban J connectivity index is 2.58. The van der Waals surface area contributed by atoms with Crippen molar-refractivity contribution in [1.29, 1.82) is 0 Å². The summed E-state index contributed by atoms with van der Waals surface area (Å²) in [4.78, 5) is 0. The van der Waals surface area contributed by atoms with Crippen LogP contribution in [0.25, 0.3) is 0 Å². The zero-order chi connectivity index (χ0) is 11.1. The average molecular weight is 236 g/mol. The van der Waals surface area contributed by atoms with Gasteiger partial charge in [-0.25, -0.2) is 0 Å². The Kier molecular flexibility index (Phi) is 2.54. The molecule has 0 atom stereocenters. The second kappa shape index (κ2) is 3.59. The Labute approximate surface area is 90.2 Å². The molecular formula is C10H9ClF3N. The van der Waals surface area contributed by atoms with Gasteiger partial charge in [-0.05, 0) is 30.5 Å². The average Bonchev–Trinajstić information content (AvgIpc) is 2.17. The predicted octanol–water partition coefficient (Wildman–Crippen LogP) is 3.72. The van der Waals surface area contributed by atoms with E-state index in [4.69, 9.17) is 11.6 Å². The number of alkyl halides is 3. The quantitative estimate of drug-likeness (QED) is 0.723. The summed E-state index contributed by atoms with van der Waals surface area (Å²) in [6.07, 6.45) is -3.16. The summed E-state index contributed by atoms with van der Waals surface area (Å²) in [7, 11) is 0. The van der Waals surface area contributed by atoms with E-state index in [1.807, 2.05) is 0 Å². The largest absolute Gasteiger partial charge is 0.416 e. The SMILES string of the molecule is FC(F)(F)c1ccc(Cl)c2c1CCCN2. The van der Waals surface area contributed by atoms with E-state index in [9.17, 15) is 13.2 Å². The molecule has 0 bridgehead atoms. The highest BCUT2D eigenvalue weighted by molar-refractivity contribution is 6.33. The third kappa shape index (κ3) is 1.91. The lowest BCUT2D eigenvalue weighted by molar-refractivity contribution is -0.138. The minimum absolute atomic E-state index is 0.293. The van der Waals surface area contributed by atoms with Crippen molar-refractivity contribution in [1.82, 2.24) is 0 Å². The molecule has 0 amide bonds. The molecule has 82 valence electrons. The van der Waals surface area contributed by atoms with Crippen LogP contribution >= 0.6 is 11.6 Å². The van der Waals surface area contributed by atoms with E-state index in [0.717, 1.165) is 6.07 Å². The van der Waals surface area contributed by atoms with E-state index in [1.54, 1.807) is 0 Å². The van der Waals surface area contributed by atoms with Gasteiger partial charge in [0.2, 0.25) is 0 Å². The van der Waals surface area contributed by atoms with Crippen LogP contribution in [0.5, 0.6) is 0 Å². The Morgan fingerprint density at radius 3 is 2.67 bits per heavy atom. The van der Waals surface area contributed by atoms with E-state index >= 15 is 0 Å². The third-order valence-corrected chi connectivity index (χ3v) is 2.79. The van der Waals surface area contributed by atoms with Crippen molar-refractivity contribution in [2.75, 3.05) is 11.9 Å². The highest BCUT2D eigenvalue weighted by atomic mass is 35.5. The normalized spacial score (nSPS) is 15.7. The van der Waals surface area contributed by atoms with Gasteiger partial charge >= 0.3 is 6.18 Å². The zero-order valence-electron chi connectivity index (χ0n) is 7.79. The van der Waals surface area contributed by atoms with E-state index in [0.29, 0.717) is 35.7 Å². The molecule has 2 rings (SSSR count). The molecule has 0 aliphatic carbocycles. The second-order valence-electron chi connectivity index (χ2n) is 3.48. The number of hydrogen-bond acceptors (Lipinski definition) is 1. The lowest BCUT2D eigenvalue weighted by atomic mass is 9.97. The number of fused-ring (bicyclic) bond motifs is 1. The fourth-order valence-corrected chi connectivity index (χ4v) is 2.06. The van der Waals surface area contributed by atoms with Crippen molar-refractivity contribution in [3.63, 3.8) is 0 Å². The van der Waals surface area contributed by atoms with E-state index in [-0.39, 0.29) is 0 Å². The van der Waals surface area contributed by atoms with Gasteiger partial charge in [0.25, 0.3) is 0 Å². The van der Waals surface area contributed by atoms with E-state index in [2.05, 4.69) is 5.32 Å². The van der Waals surface area contributed by atoms with Crippen LogP contribution in [0.1, 0.15) is 17.5 Å². The summed E-state index contributed by atoms with van der Waals surface area (Å²) in [6, 6.07) is 2.34. The summed E-state index contributed by atoms with van der Waals surface area (Å²) in [5.41, 5.74) is 0.160. The Morgan fingerprint density at radius 1 is 1.27 bits per heavy atom. The molecule has 0 aromatic heterocycles. The van der Waals surface area contributed by atoms with Crippen LogP contribution in [0.4, 0.5) is 18.9 Å². The van der Waals surface area contributed by atoms with Crippen molar-refractivity contribution in [2.45, 2.75) is 19.0 Å². The van der Waals surface area contributed by atoms with Crippen LogP contribution in [-0.4, -0.2) is 6.54 Å². The van der Waals surface area contributed by atoms with E-state index < -0.39 is 11.7 Å². The van der Waals surface area contributed by atoms with Gasteiger partial charge in [-0.3, -0.25) is 0 Å². The molecule has 0 radical (unpaired) electrons. The van der Waals surface area contributed by atoms with Gasteiger partial charge in [-0.2, -0.15) is 13.2 Å². The maximum atomic E-state index is 12.6. The number of benzene rings is 1.